The molecule has 0 bridgehead atoms. The largest absolute Gasteiger partial charge is 0.466 e. The van der Waals surface area contributed by atoms with Gasteiger partial charge in [0, 0.05) is 0 Å². The highest BCUT2D eigenvalue weighted by Crippen LogP contribution is 2.21. The highest BCUT2D eigenvalue weighted by molar-refractivity contribution is 5.90. The van der Waals surface area contributed by atoms with Gasteiger partial charge in [-0.05, 0) is 41.5 Å². The number of aliphatic hydroxyl groups is 2. The van der Waals surface area contributed by atoms with Gasteiger partial charge in [-0.25, -0.2) is 9.59 Å². The third-order valence-electron chi connectivity index (χ3n) is 4.28. The summed E-state index contributed by atoms with van der Waals surface area (Å²) in [5.74, 6) is -5.25. The molecule has 0 saturated heterocycles. The predicted octanol–water partition coefficient (Wildman–Crippen LogP) is 0.374. The smallest absolute Gasteiger partial charge is 0.339 e. The molecular weight excluding hydrogens is 512 g/mol. The van der Waals surface area contributed by atoms with Crippen molar-refractivity contribution in [2.75, 3.05) is 39.6 Å². The normalized spacial score (nSPS) is 10.7. The maximum absolute atomic E-state index is 11.7. The Kier molecular flexibility index (Phi) is 19.2. The Hall–Kier alpha value is -3.26. The van der Waals surface area contributed by atoms with Gasteiger partial charge in [0.05, 0.1) is 65.3 Å². The average molecular weight is 553 g/mol. The van der Waals surface area contributed by atoms with Crippen molar-refractivity contribution in [2.24, 2.45) is 0 Å². The van der Waals surface area contributed by atoms with Crippen LogP contribution in [-0.4, -0.2) is 96.9 Å². The third-order valence-corrected chi connectivity index (χ3v) is 4.28. The summed E-state index contributed by atoms with van der Waals surface area (Å²) in [5.41, 5.74) is -4.51. The monoisotopic (exact) mass is 552 g/mol. The zero-order valence-electron chi connectivity index (χ0n) is 22.9. The van der Waals surface area contributed by atoms with Gasteiger partial charge in [0.15, 0.2) is 11.2 Å². The van der Waals surface area contributed by atoms with Crippen LogP contribution in [0.15, 0.2) is 0 Å². The van der Waals surface area contributed by atoms with Crippen molar-refractivity contribution >= 4 is 35.8 Å². The lowest BCUT2D eigenvalue weighted by molar-refractivity contribution is -0.177. The standard InChI is InChI=1S/2C12H20O7/c2*1-4-17-9(13)7-12(16,11(15)19-6-3)8-10(14)18-5-2/h2*16H,4-8H2,1-3H3. The Morgan fingerprint density at radius 3 is 0.763 bits per heavy atom. The van der Waals surface area contributed by atoms with Crippen LogP contribution in [0.2, 0.25) is 0 Å². The lowest BCUT2D eigenvalue weighted by atomic mass is 9.95. The van der Waals surface area contributed by atoms with Gasteiger partial charge < -0.3 is 38.6 Å². The molecule has 0 aliphatic heterocycles. The van der Waals surface area contributed by atoms with E-state index >= 15 is 0 Å². The number of carbonyl (C=O) groups excluding carboxylic acids is 6. The second-order valence-corrected chi connectivity index (χ2v) is 7.43. The fraction of sp³-hybridized carbons (Fsp3) is 0.750. The molecule has 0 fully saturated rings. The number of ether oxygens (including phenoxy) is 6. The lowest BCUT2D eigenvalue weighted by Gasteiger charge is -2.23. The Morgan fingerprint density at radius 1 is 0.421 bits per heavy atom. The summed E-state index contributed by atoms with van der Waals surface area (Å²) < 4.78 is 27.9. The molecule has 0 atom stereocenters. The molecule has 0 rings (SSSR count). The number of hydrogen-bond acceptors (Lipinski definition) is 14. The van der Waals surface area contributed by atoms with E-state index in [4.69, 9.17) is 0 Å². The summed E-state index contributed by atoms with van der Waals surface area (Å²) in [4.78, 5) is 68.8. The second kappa shape index (κ2) is 19.8. The van der Waals surface area contributed by atoms with E-state index in [-0.39, 0.29) is 39.6 Å². The van der Waals surface area contributed by atoms with Crippen LogP contribution in [0.5, 0.6) is 0 Å². The topological polar surface area (TPSA) is 198 Å². The number of hydrogen-bond donors (Lipinski definition) is 2. The average Bonchev–Trinajstić information content (AvgIpc) is 2.80. The Bertz CT molecular complexity index is 672. The van der Waals surface area contributed by atoms with E-state index in [1.165, 1.54) is 0 Å². The molecule has 220 valence electrons. The summed E-state index contributed by atoms with van der Waals surface area (Å²) in [6.07, 6.45) is -2.62. The predicted molar refractivity (Wildman–Crippen MR) is 128 cm³/mol. The fourth-order valence-corrected chi connectivity index (χ4v) is 2.75. The highest BCUT2D eigenvalue weighted by Gasteiger charge is 2.44. The van der Waals surface area contributed by atoms with Crippen LogP contribution >= 0.6 is 0 Å². The van der Waals surface area contributed by atoms with Gasteiger partial charge in [-0.2, -0.15) is 0 Å². The molecule has 0 saturated carbocycles. The van der Waals surface area contributed by atoms with Crippen LogP contribution in [-0.2, 0) is 57.2 Å². The second-order valence-electron chi connectivity index (χ2n) is 7.43. The molecule has 0 unspecified atom stereocenters. The maximum Gasteiger partial charge on any atom is 0.339 e. The van der Waals surface area contributed by atoms with Gasteiger partial charge in [0.1, 0.15) is 0 Å². The zero-order valence-corrected chi connectivity index (χ0v) is 22.9. The summed E-state index contributed by atoms with van der Waals surface area (Å²) in [6, 6.07) is 0. The maximum atomic E-state index is 11.7. The van der Waals surface area contributed by atoms with Crippen LogP contribution in [0.3, 0.4) is 0 Å². The molecule has 0 spiro atoms. The summed E-state index contributed by atoms with van der Waals surface area (Å²) in [7, 11) is 0. The molecule has 0 radical (unpaired) electrons. The molecule has 0 heterocycles. The quantitative estimate of drug-likeness (QED) is 0.197. The van der Waals surface area contributed by atoms with Gasteiger partial charge in [0.25, 0.3) is 0 Å². The molecule has 2 N–H and O–H groups in total. The first-order chi connectivity index (χ1) is 17.8. The molecule has 0 aromatic rings. The van der Waals surface area contributed by atoms with Crippen LogP contribution in [0.4, 0.5) is 0 Å². The third kappa shape index (κ3) is 15.1. The van der Waals surface area contributed by atoms with E-state index in [1.54, 1.807) is 41.5 Å². The molecule has 14 nitrogen and oxygen atoms in total. The number of carbonyl (C=O) groups is 6. The molecule has 38 heavy (non-hydrogen) atoms. The van der Waals surface area contributed by atoms with E-state index in [0.29, 0.717) is 0 Å². The molecule has 14 heteroatoms. The van der Waals surface area contributed by atoms with Crippen LogP contribution < -0.4 is 0 Å². The first-order valence-corrected chi connectivity index (χ1v) is 12.2. The van der Waals surface area contributed by atoms with Crippen LogP contribution in [0.25, 0.3) is 0 Å². The van der Waals surface area contributed by atoms with E-state index in [2.05, 4.69) is 28.4 Å². The molecular formula is C24H40O14. The van der Waals surface area contributed by atoms with Crippen molar-refractivity contribution in [3.8, 4) is 0 Å². The van der Waals surface area contributed by atoms with Gasteiger partial charge in [-0.3, -0.25) is 19.2 Å². The van der Waals surface area contributed by atoms with Gasteiger partial charge in [-0.15, -0.1) is 0 Å². The van der Waals surface area contributed by atoms with E-state index < -0.39 is 72.7 Å². The van der Waals surface area contributed by atoms with Crippen molar-refractivity contribution in [2.45, 2.75) is 78.4 Å². The number of esters is 6. The lowest BCUT2D eigenvalue weighted by Crippen LogP contribution is -2.44. The SMILES string of the molecule is CCOC(=O)CC(O)(CC(=O)OCC)C(=O)OCC.CCOC(=O)CC(O)(CC(=O)OCC)C(=O)OCC. The van der Waals surface area contributed by atoms with Crippen molar-refractivity contribution in [1.29, 1.82) is 0 Å². The summed E-state index contributed by atoms with van der Waals surface area (Å²) >= 11 is 0. The Labute approximate surface area is 221 Å². The van der Waals surface area contributed by atoms with Gasteiger partial charge in [-0.1, -0.05) is 0 Å². The molecule has 0 aliphatic carbocycles. The van der Waals surface area contributed by atoms with Crippen molar-refractivity contribution in [3.05, 3.63) is 0 Å². The minimum absolute atomic E-state index is 0.0206. The van der Waals surface area contributed by atoms with Gasteiger partial charge >= 0.3 is 35.8 Å². The van der Waals surface area contributed by atoms with Crippen molar-refractivity contribution < 1.29 is 67.4 Å². The van der Waals surface area contributed by atoms with E-state index in [9.17, 15) is 39.0 Å². The van der Waals surface area contributed by atoms with Crippen LogP contribution in [0.1, 0.15) is 67.2 Å². The number of rotatable bonds is 16. The molecule has 0 amide bonds. The fourth-order valence-electron chi connectivity index (χ4n) is 2.75. The Balaban J connectivity index is 0. The highest BCUT2D eigenvalue weighted by atomic mass is 16.6. The summed E-state index contributed by atoms with van der Waals surface area (Å²) in [6.45, 7) is 9.93. The first-order valence-electron chi connectivity index (χ1n) is 12.2. The Morgan fingerprint density at radius 2 is 0.605 bits per heavy atom. The van der Waals surface area contributed by atoms with Crippen LogP contribution in [0, 0.1) is 0 Å². The van der Waals surface area contributed by atoms with E-state index in [1.807, 2.05) is 0 Å². The first kappa shape index (κ1) is 36.9. The molecule has 0 aromatic heterocycles. The van der Waals surface area contributed by atoms with Gasteiger partial charge in [0.2, 0.25) is 0 Å². The summed E-state index contributed by atoms with van der Waals surface area (Å²) in [5, 5.41) is 20.3. The minimum atomic E-state index is -2.26. The van der Waals surface area contributed by atoms with Crippen molar-refractivity contribution in [1.82, 2.24) is 0 Å². The molecule has 0 aliphatic rings. The zero-order chi connectivity index (χ0) is 29.8. The van der Waals surface area contributed by atoms with E-state index in [0.717, 1.165) is 0 Å². The van der Waals surface area contributed by atoms with Crippen molar-refractivity contribution in [3.63, 3.8) is 0 Å². The molecule has 0 aromatic carbocycles. The minimum Gasteiger partial charge on any atom is -0.466 e.